The molecule has 1 unspecified atom stereocenters. The van der Waals surface area contributed by atoms with Gasteiger partial charge in [-0.2, -0.15) is 0 Å². The van der Waals surface area contributed by atoms with Crippen LogP contribution in [0.3, 0.4) is 0 Å². The van der Waals surface area contributed by atoms with Crippen molar-refractivity contribution in [1.82, 2.24) is 0 Å². The highest BCUT2D eigenvalue weighted by Gasteiger charge is 1.88. The van der Waals surface area contributed by atoms with E-state index in [-0.39, 0.29) is 0 Å². The van der Waals surface area contributed by atoms with E-state index >= 15 is 0 Å². The average molecular weight is 112 g/mol. The number of hydrogen-bond acceptors (Lipinski definition) is 0. The molecule has 2 radical (unpaired) electrons. The molecule has 0 saturated heterocycles. The van der Waals surface area contributed by atoms with Crippen LogP contribution in [-0.2, 0) is 0 Å². The molecule has 1 heteroatoms. The summed E-state index contributed by atoms with van der Waals surface area (Å²) in [5, 5.41) is 0. The number of hydrogen-bond donors (Lipinski definition) is 0. The molecule has 0 heterocycles. The van der Waals surface area contributed by atoms with Gasteiger partial charge in [0.05, 0.1) is 0 Å². The molecule has 0 aromatic rings. The lowest BCUT2D eigenvalue weighted by atomic mass is 10.2. The molecule has 0 aliphatic carbocycles. The fraction of sp³-hybridized carbons (Fsp3) is 1.00. The molecule has 40 valence electrons. The summed E-state index contributed by atoms with van der Waals surface area (Å²) in [7, 11) is 0. The van der Waals surface area contributed by atoms with Crippen molar-refractivity contribution in [2.45, 2.75) is 37.9 Å². The Labute approximate surface area is 54.7 Å². The first-order valence-electron chi connectivity index (χ1n) is 3.03. The van der Waals surface area contributed by atoms with E-state index in [1.165, 1.54) is 19.3 Å². The largest absolute Gasteiger partial charge is 0.123 e. The van der Waals surface area contributed by atoms with Crippen molar-refractivity contribution < 1.29 is 0 Å². The Balaban J connectivity index is 2.68. The summed E-state index contributed by atoms with van der Waals surface area (Å²) in [5.41, 5.74) is 0. The van der Waals surface area contributed by atoms with Crippen molar-refractivity contribution >= 4 is 16.3 Å². The molecule has 0 saturated carbocycles. The molecule has 0 aromatic heterocycles. The van der Waals surface area contributed by atoms with Gasteiger partial charge in [-0.1, -0.05) is 33.1 Å². The van der Waals surface area contributed by atoms with Crippen LogP contribution in [0.15, 0.2) is 0 Å². The van der Waals surface area contributed by atoms with Gasteiger partial charge in [0.1, 0.15) is 16.3 Å². The molecule has 0 amide bonds. The zero-order valence-electron chi connectivity index (χ0n) is 5.28. The average Bonchev–Trinajstić information content (AvgIpc) is 1.61. The molecule has 0 aromatic carbocycles. The van der Waals surface area contributed by atoms with Gasteiger partial charge in [0.2, 0.25) is 0 Å². The predicted octanol–water partition coefficient (Wildman–Crippen LogP) is 2.15. The van der Waals surface area contributed by atoms with Crippen molar-refractivity contribution in [3.8, 4) is 0 Å². The highest BCUT2D eigenvalue weighted by atomic mass is 27.0. The molecule has 1 atom stereocenters. The maximum Gasteiger partial charge on any atom is 0.123 e. The summed E-state index contributed by atoms with van der Waals surface area (Å²) in [6.07, 6.45) is 4.07. The summed E-state index contributed by atoms with van der Waals surface area (Å²) in [4.78, 5) is 0. The van der Waals surface area contributed by atoms with Crippen LogP contribution in [0, 0.1) is 0 Å². The second kappa shape index (κ2) is 4.69. The van der Waals surface area contributed by atoms with Gasteiger partial charge in [-0.3, -0.25) is 0 Å². The van der Waals surface area contributed by atoms with Crippen LogP contribution in [0.4, 0.5) is 0 Å². The molecule has 0 spiro atoms. The standard InChI is InChI=1S/C6H13.Al/c1-3-5-6-4-2;/h3H,4-6H2,1-2H3;. The van der Waals surface area contributed by atoms with Crippen molar-refractivity contribution in [3.05, 3.63) is 0 Å². The van der Waals surface area contributed by atoms with E-state index in [1.807, 2.05) is 0 Å². The van der Waals surface area contributed by atoms with Crippen molar-refractivity contribution in [2.24, 2.45) is 0 Å². The second-order valence-corrected chi connectivity index (χ2v) is 3.26. The molecule has 0 nitrogen and oxygen atoms in total. The lowest BCUT2D eigenvalue weighted by Gasteiger charge is -1.99. The third kappa shape index (κ3) is 6.53. The SMILES string of the molecule is CCCC[CH](C)[Al]. The number of unbranched alkanes of at least 4 members (excludes halogenated alkanes) is 1. The second-order valence-electron chi connectivity index (χ2n) is 2.12. The lowest BCUT2D eigenvalue weighted by molar-refractivity contribution is 0.701. The van der Waals surface area contributed by atoms with E-state index in [0.29, 0.717) is 0 Å². The molecule has 0 aliphatic heterocycles. The zero-order chi connectivity index (χ0) is 5.70. The molecular weight excluding hydrogens is 99.0 g/mol. The highest BCUT2D eigenvalue weighted by molar-refractivity contribution is 6.11. The number of rotatable bonds is 3. The minimum atomic E-state index is 0.819. The Hall–Kier alpha value is 0.532. The Morgan fingerprint density at radius 2 is 2.14 bits per heavy atom. The van der Waals surface area contributed by atoms with Gasteiger partial charge in [0.15, 0.2) is 0 Å². The van der Waals surface area contributed by atoms with Crippen LogP contribution in [0.2, 0.25) is 4.78 Å². The third-order valence-corrected chi connectivity index (χ3v) is 1.35. The van der Waals surface area contributed by atoms with Gasteiger partial charge >= 0.3 is 0 Å². The van der Waals surface area contributed by atoms with Crippen molar-refractivity contribution in [2.75, 3.05) is 0 Å². The first kappa shape index (κ1) is 7.53. The highest BCUT2D eigenvalue weighted by Crippen LogP contribution is 2.07. The Bertz CT molecular complexity index is 33.2. The summed E-state index contributed by atoms with van der Waals surface area (Å²) in [6, 6.07) is 0. The van der Waals surface area contributed by atoms with E-state index in [2.05, 4.69) is 30.1 Å². The van der Waals surface area contributed by atoms with Gasteiger partial charge < -0.3 is 0 Å². The van der Waals surface area contributed by atoms with E-state index in [9.17, 15) is 0 Å². The van der Waals surface area contributed by atoms with Crippen molar-refractivity contribution in [1.29, 1.82) is 0 Å². The lowest BCUT2D eigenvalue weighted by Crippen LogP contribution is -1.82. The molecule has 7 heavy (non-hydrogen) atoms. The predicted molar refractivity (Wildman–Crippen MR) is 34.7 cm³/mol. The Morgan fingerprint density at radius 3 is 2.29 bits per heavy atom. The fourth-order valence-corrected chi connectivity index (χ4v) is 0.762. The maximum atomic E-state index is 2.81. The first-order valence-corrected chi connectivity index (χ1v) is 3.69. The quantitative estimate of drug-likeness (QED) is 0.491. The molecule has 0 N–H and O–H groups in total. The fourth-order valence-electron chi connectivity index (χ4n) is 0.526. The van der Waals surface area contributed by atoms with Gasteiger partial charge in [-0.25, -0.2) is 0 Å². The summed E-state index contributed by atoms with van der Waals surface area (Å²) < 4.78 is 0.819. The Kier molecular flexibility index (Phi) is 5.04. The molecule has 0 aliphatic rings. The zero-order valence-corrected chi connectivity index (χ0v) is 6.43. The van der Waals surface area contributed by atoms with Gasteiger partial charge in [0, 0.05) is 0 Å². The maximum absolute atomic E-state index is 2.81. The van der Waals surface area contributed by atoms with Crippen LogP contribution in [-0.4, -0.2) is 16.3 Å². The van der Waals surface area contributed by atoms with Gasteiger partial charge in [0.25, 0.3) is 0 Å². The Morgan fingerprint density at radius 1 is 1.57 bits per heavy atom. The molecule has 0 rings (SSSR count). The van der Waals surface area contributed by atoms with E-state index in [0.717, 1.165) is 4.78 Å². The normalized spacial score (nSPS) is 14.0. The smallest absolute Gasteiger partial charge is 0.110 e. The van der Waals surface area contributed by atoms with Crippen LogP contribution in [0.1, 0.15) is 33.1 Å². The minimum Gasteiger partial charge on any atom is -0.110 e. The van der Waals surface area contributed by atoms with Gasteiger partial charge in [-0.05, 0) is 0 Å². The first-order chi connectivity index (χ1) is 3.27. The van der Waals surface area contributed by atoms with E-state index in [4.69, 9.17) is 0 Å². The summed E-state index contributed by atoms with van der Waals surface area (Å²) in [6.45, 7) is 4.47. The monoisotopic (exact) mass is 112 g/mol. The van der Waals surface area contributed by atoms with E-state index in [1.54, 1.807) is 0 Å². The van der Waals surface area contributed by atoms with Crippen molar-refractivity contribution in [3.63, 3.8) is 0 Å². The third-order valence-electron chi connectivity index (χ3n) is 1.01. The summed E-state index contributed by atoms with van der Waals surface area (Å²) >= 11 is 2.81. The van der Waals surface area contributed by atoms with E-state index < -0.39 is 0 Å². The molecule has 0 bridgehead atoms. The van der Waals surface area contributed by atoms with Gasteiger partial charge in [-0.15, -0.1) is 4.78 Å². The van der Waals surface area contributed by atoms with Crippen LogP contribution in [0.25, 0.3) is 0 Å². The topological polar surface area (TPSA) is 0 Å². The summed E-state index contributed by atoms with van der Waals surface area (Å²) in [5.74, 6) is 0. The molecule has 0 fully saturated rings. The van der Waals surface area contributed by atoms with Crippen LogP contribution < -0.4 is 0 Å². The van der Waals surface area contributed by atoms with Crippen LogP contribution in [0.5, 0.6) is 0 Å². The van der Waals surface area contributed by atoms with Crippen LogP contribution >= 0.6 is 0 Å². The minimum absolute atomic E-state index is 0.819. The molecular formula is C6H13Al.